The van der Waals surface area contributed by atoms with Gasteiger partial charge in [-0.05, 0) is 76.5 Å². The van der Waals surface area contributed by atoms with Crippen LogP contribution in [0.5, 0.6) is 11.5 Å². The molecule has 9 heteroatoms. The molecule has 0 saturated carbocycles. The van der Waals surface area contributed by atoms with E-state index in [9.17, 15) is 14.4 Å². The molecule has 0 bridgehead atoms. The van der Waals surface area contributed by atoms with E-state index in [4.69, 9.17) is 18.6 Å². The molecule has 0 aliphatic rings. The first-order valence-corrected chi connectivity index (χ1v) is 12.2. The molecule has 3 rings (SSSR count). The molecule has 2 aromatic carbocycles. The maximum atomic E-state index is 12.9. The molecule has 0 spiro atoms. The van der Waals surface area contributed by atoms with Crippen molar-refractivity contribution >= 4 is 45.6 Å². The van der Waals surface area contributed by atoms with Crippen LogP contribution in [0.2, 0.25) is 0 Å². The highest BCUT2D eigenvalue weighted by molar-refractivity contribution is 7.98. The summed E-state index contributed by atoms with van der Waals surface area (Å²) in [6.45, 7) is 6.94. The van der Waals surface area contributed by atoms with E-state index in [1.54, 1.807) is 69.8 Å². The number of amides is 1. The van der Waals surface area contributed by atoms with Gasteiger partial charge in [0.05, 0.1) is 12.5 Å². The van der Waals surface area contributed by atoms with E-state index in [-0.39, 0.29) is 5.75 Å². The molecule has 34 heavy (non-hydrogen) atoms. The van der Waals surface area contributed by atoms with Crippen molar-refractivity contribution in [2.75, 3.05) is 19.1 Å². The molecule has 1 atom stereocenters. The molecule has 1 aromatic heterocycles. The fourth-order valence-electron chi connectivity index (χ4n) is 3.44. The van der Waals surface area contributed by atoms with Crippen molar-refractivity contribution in [1.29, 1.82) is 0 Å². The standard InChI is InChI=1S/C25H29NO7S/c1-14-20(31-23(28)19(11-12-34-6)26-24(29)33-25(2,3)4)10-9-17-16-8-7-15(30-5)13-18(16)22(27)32-21(14)17/h7-10,13,19H,11-12H2,1-6H3,(H,26,29). The molecule has 1 N–H and O–H groups in total. The Morgan fingerprint density at radius 2 is 1.82 bits per heavy atom. The van der Waals surface area contributed by atoms with Crippen molar-refractivity contribution in [1.82, 2.24) is 5.32 Å². The number of methoxy groups -OCH3 is 1. The summed E-state index contributed by atoms with van der Waals surface area (Å²) in [5, 5.41) is 4.41. The number of carbonyl (C=O) groups excluding carboxylic acids is 2. The number of carbonyl (C=O) groups is 2. The Labute approximate surface area is 201 Å². The number of alkyl carbamates (subject to hydrolysis) is 1. The highest BCUT2D eigenvalue weighted by Gasteiger charge is 2.26. The van der Waals surface area contributed by atoms with E-state index >= 15 is 0 Å². The van der Waals surface area contributed by atoms with Gasteiger partial charge in [0, 0.05) is 16.3 Å². The molecule has 1 amide bonds. The number of hydrogen-bond acceptors (Lipinski definition) is 8. The Morgan fingerprint density at radius 1 is 1.12 bits per heavy atom. The summed E-state index contributed by atoms with van der Waals surface area (Å²) in [4.78, 5) is 37.8. The van der Waals surface area contributed by atoms with Gasteiger partial charge in [0.1, 0.15) is 28.7 Å². The summed E-state index contributed by atoms with van der Waals surface area (Å²) in [6, 6.07) is 7.68. The Kier molecular flexibility index (Phi) is 7.76. The third-order valence-corrected chi connectivity index (χ3v) is 5.73. The molecule has 8 nitrogen and oxygen atoms in total. The molecule has 0 radical (unpaired) electrons. The molecule has 1 unspecified atom stereocenters. The molecule has 0 aliphatic carbocycles. The SMILES string of the molecule is COc1ccc2c(c1)c(=O)oc1c(C)c(OC(=O)C(CCSC)NC(=O)OC(C)(C)C)ccc12. The van der Waals surface area contributed by atoms with Crippen LogP contribution in [0.15, 0.2) is 39.5 Å². The minimum absolute atomic E-state index is 0.244. The summed E-state index contributed by atoms with van der Waals surface area (Å²) < 4.78 is 21.7. The molecular weight excluding hydrogens is 458 g/mol. The lowest BCUT2D eigenvalue weighted by Gasteiger charge is -2.23. The Bertz CT molecular complexity index is 1280. The molecule has 3 aromatic rings. The van der Waals surface area contributed by atoms with Gasteiger partial charge < -0.3 is 23.9 Å². The zero-order valence-corrected chi connectivity index (χ0v) is 21.0. The number of ether oxygens (including phenoxy) is 3. The highest BCUT2D eigenvalue weighted by atomic mass is 32.2. The number of nitrogens with one attached hydrogen (secondary N) is 1. The summed E-state index contributed by atoms with van der Waals surface area (Å²) in [5.41, 5.74) is -0.384. The van der Waals surface area contributed by atoms with Crippen LogP contribution in [-0.4, -0.2) is 42.8 Å². The lowest BCUT2D eigenvalue weighted by atomic mass is 10.0. The second kappa shape index (κ2) is 10.4. The Balaban J connectivity index is 1.92. The predicted molar refractivity (Wildman–Crippen MR) is 133 cm³/mol. The van der Waals surface area contributed by atoms with Crippen LogP contribution in [0.3, 0.4) is 0 Å². The van der Waals surface area contributed by atoms with E-state index in [1.807, 2.05) is 6.26 Å². The average molecular weight is 488 g/mol. The monoisotopic (exact) mass is 487 g/mol. The highest BCUT2D eigenvalue weighted by Crippen LogP contribution is 2.32. The second-order valence-electron chi connectivity index (χ2n) is 8.77. The van der Waals surface area contributed by atoms with Crippen LogP contribution in [0.25, 0.3) is 21.7 Å². The first kappa shape index (κ1) is 25.4. The quantitative estimate of drug-likeness (QED) is 0.219. The lowest BCUT2D eigenvalue weighted by molar-refractivity contribution is -0.136. The van der Waals surface area contributed by atoms with Gasteiger partial charge in [0.25, 0.3) is 0 Å². The Hall–Kier alpha value is -3.20. The van der Waals surface area contributed by atoms with Crippen molar-refractivity contribution in [2.24, 2.45) is 0 Å². The number of rotatable bonds is 7. The second-order valence-corrected chi connectivity index (χ2v) is 9.75. The van der Waals surface area contributed by atoms with Crippen LogP contribution < -0.4 is 20.4 Å². The molecule has 0 saturated heterocycles. The van der Waals surface area contributed by atoms with Gasteiger partial charge in [-0.25, -0.2) is 14.4 Å². The molecular formula is C25H29NO7S. The number of thioether (sulfide) groups is 1. The van der Waals surface area contributed by atoms with Crippen LogP contribution in [-0.2, 0) is 9.53 Å². The summed E-state index contributed by atoms with van der Waals surface area (Å²) in [6.07, 6.45) is 1.58. The van der Waals surface area contributed by atoms with Gasteiger partial charge in [-0.15, -0.1) is 0 Å². The molecule has 0 fully saturated rings. The molecule has 0 aliphatic heterocycles. The van der Waals surface area contributed by atoms with Gasteiger partial charge in [0.2, 0.25) is 0 Å². The van der Waals surface area contributed by atoms with Crippen LogP contribution in [0.1, 0.15) is 32.8 Å². The predicted octanol–water partition coefficient (Wildman–Crippen LogP) is 4.82. The van der Waals surface area contributed by atoms with Gasteiger partial charge >= 0.3 is 17.7 Å². The number of aryl methyl sites for hydroxylation is 1. The van der Waals surface area contributed by atoms with Crippen LogP contribution >= 0.6 is 11.8 Å². The van der Waals surface area contributed by atoms with Gasteiger partial charge in [-0.2, -0.15) is 11.8 Å². The van der Waals surface area contributed by atoms with Crippen LogP contribution in [0.4, 0.5) is 4.79 Å². The smallest absolute Gasteiger partial charge is 0.408 e. The lowest BCUT2D eigenvalue weighted by Crippen LogP contribution is -2.45. The maximum absolute atomic E-state index is 12.9. The van der Waals surface area contributed by atoms with Gasteiger partial charge in [-0.1, -0.05) is 0 Å². The Morgan fingerprint density at radius 3 is 2.47 bits per heavy atom. The maximum Gasteiger partial charge on any atom is 0.408 e. The van der Waals surface area contributed by atoms with Gasteiger partial charge in [-0.3, -0.25) is 0 Å². The summed E-state index contributed by atoms with van der Waals surface area (Å²) >= 11 is 1.55. The normalized spacial score (nSPS) is 12.4. The topological polar surface area (TPSA) is 104 Å². The number of benzene rings is 2. The van der Waals surface area contributed by atoms with Crippen LogP contribution in [0, 0.1) is 6.92 Å². The van der Waals surface area contributed by atoms with Crippen molar-refractivity contribution in [3.8, 4) is 11.5 Å². The summed E-state index contributed by atoms with van der Waals surface area (Å²) in [5.74, 6) is 0.801. The number of fused-ring (bicyclic) bond motifs is 3. The minimum Gasteiger partial charge on any atom is -0.497 e. The fraction of sp³-hybridized carbons (Fsp3) is 0.400. The molecule has 1 heterocycles. The first-order chi connectivity index (χ1) is 16.0. The number of esters is 1. The largest absolute Gasteiger partial charge is 0.497 e. The third-order valence-electron chi connectivity index (χ3n) is 5.08. The van der Waals surface area contributed by atoms with E-state index in [2.05, 4.69) is 5.32 Å². The van der Waals surface area contributed by atoms with E-state index in [0.717, 1.165) is 0 Å². The van der Waals surface area contributed by atoms with Gasteiger partial charge in [0.15, 0.2) is 0 Å². The van der Waals surface area contributed by atoms with Crippen molar-refractivity contribution in [3.63, 3.8) is 0 Å². The van der Waals surface area contributed by atoms with Crippen molar-refractivity contribution < 1.29 is 28.2 Å². The third kappa shape index (κ3) is 5.83. The zero-order chi connectivity index (χ0) is 25.0. The van der Waals surface area contributed by atoms with Crippen molar-refractivity contribution in [3.05, 3.63) is 46.3 Å². The molecule has 182 valence electrons. The zero-order valence-electron chi connectivity index (χ0n) is 20.1. The van der Waals surface area contributed by atoms with E-state index < -0.39 is 29.3 Å². The summed E-state index contributed by atoms with van der Waals surface area (Å²) in [7, 11) is 1.53. The average Bonchev–Trinajstić information content (AvgIpc) is 2.77. The number of hydrogen-bond donors (Lipinski definition) is 1. The van der Waals surface area contributed by atoms with Crippen molar-refractivity contribution in [2.45, 2.75) is 45.8 Å². The minimum atomic E-state index is -0.895. The fourth-order valence-corrected chi connectivity index (χ4v) is 3.91. The van der Waals surface area contributed by atoms with E-state index in [0.29, 0.717) is 45.2 Å². The van der Waals surface area contributed by atoms with E-state index in [1.165, 1.54) is 7.11 Å². The first-order valence-electron chi connectivity index (χ1n) is 10.8.